The van der Waals surface area contributed by atoms with Gasteiger partial charge in [-0.1, -0.05) is 68.4 Å². The third kappa shape index (κ3) is 4.87. The van der Waals surface area contributed by atoms with E-state index < -0.39 is 30.1 Å². The van der Waals surface area contributed by atoms with Gasteiger partial charge in [0.1, 0.15) is 17.9 Å². The fourth-order valence-corrected chi connectivity index (χ4v) is 4.38. The van der Waals surface area contributed by atoms with Crippen molar-refractivity contribution >= 4 is 11.8 Å². The van der Waals surface area contributed by atoms with Crippen LogP contribution < -0.4 is 11.1 Å². The summed E-state index contributed by atoms with van der Waals surface area (Å²) in [5.74, 6) is -0.463. The number of carbonyl (C=O) groups is 2. The van der Waals surface area contributed by atoms with Crippen LogP contribution in [0.5, 0.6) is 0 Å². The molecule has 4 rings (SSSR count). The van der Waals surface area contributed by atoms with E-state index in [4.69, 9.17) is 5.73 Å². The molecule has 3 atom stereocenters. The molecule has 1 saturated heterocycles. The highest BCUT2D eigenvalue weighted by Gasteiger charge is 2.41. The molecule has 1 aromatic heterocycles. The monoisotopic (exact) mass is 463 g/mol. The van der Waals surface area contributed by atoms with Gasteiger partial charge in [0.2, 0.25) is 5.91 Å². The van der Waals surface area contributed by atoms with Crippen molar-refractivity contribution in [2.75, 3.05) is 6.54 Å². The Bertz CT molecular complexity index is 1130. The molecule has 2 heterocycles. The highest BCUT2D eigenvalue weighted by molar-refractivity contribution is 5.97. The van der Waals surface area contributed by atoms with Crippen LogP contribution in [0.15, 0.2) is 66.9 Å². The molecule has 2 aromatic carbocycles. The lowest BCUT2D eigenvalue weighted by molar-refractivity contribution is -0.125. The van der Waals surface area contributed by atoms with Crippen molar-refractivity contribution in [1.82, 2.24) is 20.0 Å². The Kier molecular flexibility index (Phi) is 7.07. The molecule has 7 nitrogen and oxygen atoms in total. The van der Waals surface area contributed by atoms with E-state index in [9.17, 15) is 14.0 Å². The number of carbonyl (C=O) groups excluding carboxylic acids is 2. The Morgan fingerprint density at radius 3 is 2.35 bits per heavy atom. The van der Waals surface area contributed by atoms with Crippen LogP contribution in [0.1, 0.15) is 59.4 Å². The number of nitrogens with two attached hydrogens (primary N) is 1. The number of aromatic nitrogens is 2. The summed E-state index contributed by atoms with van der Waals surface area (Å²) in [6.07, 6.45) is 0.126. The molecule has 1 aliphatic rings. The maximum atomic E-state index is 14.5. The minimum Gasteiger partial charge on any atom is -0.343 e. The first kappa shape index (κ1) is 23.6. The van der Waals surface area contributed by atoms with Gasteiger partial charge < -0.3 is 16.0 Å². The maximum Gasteiger partial charge on any atom is 0.272 e. The average Bonchev–Trinajstić information content (AvgIpc) is 3.49. The van der Waals surface area contributed by atoms with Crippen molar-refractivity contribution < 1.29 is 14.0 Å². The van der Waals surface area contributed by atoms with Crippen LogP contribution in [-0.2, 0) is 11.5 Å². The van der Waals surface area contributed by atoms with Gasteiger partial charge in [0.25, 0.3) is 5.91 Å². The molecule has 3 aromatic rings. The fraction of sp³-hybridized carbons (Fsp3) is 0.346. The minimum atomic E-state index is -1.28. The van der Waals surface area contributed by atoms with Crippen molar-refractivity contribution in [3.05, 3.63) is 89.2 Å². The van der Waals surface area contributed by atoms with Crippen LogP contribution in [0.4, 0.5) is 4.39 Å². The minimum absolute atomic E-state index is 0.0142. The molecule has 0 bridgehead atoms. The SMILES string of the molecule is CC(C)c1ccc([C@@H](NC(=O)[C@@H]2C[C@@H](F)CN2C(=O)c2ccnn2CN)c2ccccc2)cc1. The number of hydrogen-bond acceptors (Lipinski definition) is 4. The zero-order valence-electron chi connectivity index (χ0n) is 19.4. The van der Waals surface area contributed by atoms with Crippen LogP contribution in [-0.4, -0.2) is 45.3 Å². The summed E-state index contributed by atoms with van der Waals surface area (Å²) in [5, 5.41) is 7.09. The predicted octanol–water partition coefficient (Wildman–Crippen LogP) is 3.38. The van der Waals surface area contributed by atoms with Crippen LogP contribution in [0, 0.1) is 0 Å². The van der Waals surface area contributed by atoms with E-state index in [1.807, 2.05) is 42.5 Å². The van der Waals surface area contributed by atoms with Gasteiger partial charge >= 0.3 is 0 Å². The molecule has 178 valence electrons. The second-order valence-corrected chi connectivity index (χ2v) is 8.88. The molecule has 1 fully saturated rings. The smallest absolute Gasteiger partial charge is 0.272 e. The summed E-state index contributed by atoms with van der Waals surface area (Å²) in [5.41, 5.74) is 8.91. The highest BCUT2D eigenvalue weighted by Crippen LogP contribution is 2.27. The fourth-order valence-electron chi connectivity index (χ4n) is 4.38. The predicted molar refractivity (Wildman–Crippen MR) is 128 cm³/mol. The summed E-state index contributed by atoms with van der Waals surface area (Å²) in [7, 11) is 0. The number of hydrogen-bond donors (Lipinski definition) is 2. The van der Waals surface area contributed by atoms with Crippen molar-refractivity contribution in [3.63, 3.8) is 0 Å². The topological polar surface area (TPSA) is 93.2 Å². The molecule has 0 spiro atoms. The molecule has 0 radical (unpaired) electrons. The number of nitrogens with zero attached hydrogens (tertiary/aromatic N) is 3. The van der Waals surface area contributed by atoms with E-state index in [0.29, 0.717) is 5.92 Å². The molecule has 0 unspecified atom stereocenters. The maximum absolute atomic E-state index is 14.5. The largest absolute Gasteiger partial charge is 0.343 e. The van der Waals surface area contributed by atoms with Crippen molar-refractivity contribution in [3.8, 4) is 0 Å². The third-order valence-corrected chi connectivity index (χ3v) is 6.28. The Morgan fingerprint density at radius 1 is 1.06 bits per heavy atom. The summed E-state index contributed by atoms with van der Waals surface area (Å²) in [6.45, 7) is 4.12. The number of halogens is 1. The van der Waals surface area contributed by atoms with Crippen LogP contribution in [0.3, 0.4) is 0 Å². The Balaban J connectivity index is 1.60. The van der Waals surface area contributed by atoms with E-state index in [1.165, 1.54) is 27.4 Å². The van der Waals surface area contributed by atoms with Crippen molar-refractivity contribution in [2.45, 2.75) is 51.1 Å². The Hall–Kier alpha value is -3.52. The van der Waals surface area contributed by atoms with Crippen LogP contribution >= 0.6 is 0 Å². The van der Waals surface area contributed by atoms with Crippen molar-refractivity contribution in [1.29, 1.82) is 0 Å². The Morgan fingerprint density at radius 2 is 1.71 bits per heavy atom. The number of alkyl halides is 1. The number of rotatable bonds is 7. The molecule has 2 amide bonds. The molecule has 8 heteroatoms. The molecule has 0 aliphatic carbocycles. The first-order valence-corrected chi connectivity index (χ1v) is 11.5. The van der Waals surface area contributed by atoms with Crippen LogP contribution in [0.2, 0.25) is 0 Å². The van der Waals surface area contributed by atoms with Gasteiger partial charge in [-0.05, 0) is 28.7 Å². The Labute approximate surface area is 198 Å². The first-order valence-electron chi connectivity index (χ1n) is 11.5. The van der Waals surface area contributed by atoms with Gasteiger partial charge in [-0.25, -0.2) is 9.07 Å². The van der Waals surface area contributed by atoms with Gasteiger partial charge in [-0.15, -0.1) is 0 Å². The van der Waals surface area contributed by atoms with Gasteiger partial charge in [-0.3, -0.25) is 9.59 Å². The normalized spacial score (nSPS) is 18.8. The first-order chi connectivity index (χ1) is 16.4. The molecule has 1 aliphatic heterocycles. The van der Waals surface area contributed by atoms with Crippen LogP contribution in [0.25, 0.3) is 0 Å². The average molecular weight is 464 g/mol. The zero-order valence-corrected chi connectivity index (χ0v) is 19.4. The van der Waals surface area contributed by atoms with E-state index in [0.717, 1.165) is 11.1 Å². The highest BCUT2D eigenvalue weighted by atomic mass is 19.1. The molecule has 34 heavy (non-hydrogen) atoms. The lowest BCUT2D eigenvalue weighted by atomic mass is 9.95. The quantitative estimate of drug-likeness (QED) is 0.562. The van der Waals surface area contributed by atoms with Gasteiger partial charge in [0.15, 0.2) is 0 Å². The lowest BCUT2D eigenvalue weighted by Crippen LogP contribution is -2.47. The van der Waals surface area contributed by atoms with E-state index in [2.05, 4.69) is 36.4 Å². The van der Waals surface area contributed by atoms with E-state index in [1.54, 1.807) is 0 Å². The summed E-state index contributed by atoms with van der Waals surface area (Å²) in [6, 6.07) is 17.9. The number of nitrogens with one attached hydrogen (secondary N) is 1. The number of benzene rings is 2. The second-order valence-electron chi connectivity index (χ2n) is 8.88. The standard InChI is InChI=1S/C26H30FN5O2/c1-17(2)18-8-10-20(11-9-18)24(19-6-4-3-5-7-19)30-25(33)23-14-21(27)15-31(23)26(34)22-12-13-29-32(22)16-28/h3-13,17,21,23-24H,14-16,28H2,1-2H3,(H,30,33)/t21-,23+,24+/m1/s1. The molecular weight excluding hydrogens is 433 g/mol. The van der Waals surface area contributed by atoms with Gasteiger partial charge in [0.05, 0.1) is 19.3 Å². The van der Waals surface area contributed by atoms with E-state index >= 15 is 0 Å². The van der Waals surface area contributed by atoms with E-state index in [-0.39, 0.29) is 25.3 Å². The number of amides is 2. The van der Waals surface area contributed by atoms with Crippen molar-refractivity contribution in [2.24, 2.45) is 5.73 Å². The second kappa shape index (κ2) is 10.2. The summed E-state index contributed by atoms with van der Waals surface area (Å²) < 4.78 is 15.8. The molecule has 3 N–H and O–H groups in total. The third-order valence-electron chi connectivity index (χ3n) is 6.28. The summed E-state index contributed by atoms with van der Waals surface area (Å²) >= 11 is 0. The summed E-state index contributed by atoms with van der Waals surface area (Å²) in [4.78, 5) is 27.9. The van der Waals surface area contributed by atoms with Gasteiger partial charge in [-0.2, -0.15) is 5.10 Å². The zero-order chi connectivity index (χ0) is 24.2. The lowest BCUT2D eigenvalue weighted by Gasteiger charge is -2.27. The molecule has 0 saturated carbocycles. The number of likely N-dealkylation sites (tertiary alicyclic amines) is 1. The molecular formula is C26H30FN5O2. The van der Waals surface area contributed by atoms with Gasteiger partial charge in [0, 0.05) is 12.6 Å².